The van der Waals surface area contributed by atoms with E-state index in [1.165, 1.54) is 16.3 Å². The van der Waals surface area contributed by atoms with Crippen molar-refractivity contribution in [3.8, 4) is 0 Å². The summed E-state index contributed by atoms with van der Waals surface area (Å²) >= 11 is 0. The summed E-state index contributed by atoms with van der Waals surface area (Å²) in [4.78, 5) is 0. The molecular weight excluding hydrogens is 306 g/mol. The minimum Gasteiger partial charge on any atom is -0.387 e. The molecule has 0 saturated carbocycles. The number of fused-ring (bicyclic) bond motifs is 1. The Bertz CT molecular complexity index is 820. The van der Waals surface area contributed by atoms with Gasteiger partial charge < -0.3 is 10.4 Å². The average Bonchev–Trinajstić information content (AvgIpc) is 2.65. The molecule has 3 aromatic carbocycles. The molecule has 0 aliphatic heterocycles. The Labute approximate surface area is 150 Å². The molecule has 0 radical (unpaired) electrons. The van der Waals surface area contributed by atoms with E-state index < -0.39 is 11.6 Å². The maximum atomic E-state index is 10.7. The van der Waals surface area contributed by atoms with Crippen molar-refractivity contribution in [2.45, 2.75) is 38.3 Å². The number of rotatable bonds is 6. The molecular formula is C23H27NO. The molecule has 2 nitrogen and oxygen atoms in total. The standard InChI is InChI=1S/C23H27NO/c1-17(20-15-9-13-18-10-7-8-14-21(18)20)16-24-23(2,3)22(25)19-11-5-4-6-12-19/h4-15,17,22,24-25H,16H2,1-3H3. The zero-order valence-corrected chi connectivity index (χ0v) is 15.2. The lowest BCUT2D eigenvalue weighted by atomic mass is 9.89. The van der Waals surface area contributed by atoms with Gasteiger partial charge in [-0.05, 0) is 41.7 Å². The maximum absolute atomic E-state index is 10.7. The van der Waals surface area contributed by atoms with Crippen molar-refractivity contribution >= 4 is 10.8 Å². The summed E-state index contributed by atoms with van der Waals surface area (Å²) in [5.74, 6) is 0.355. The highest BCUT2D eigenvalue weighted by molar-refractivity contribution is 5.86. The van der Waals surface area contributed by atoms with E-state index in [1.807, 2.05) is 30.3 Å². The van der Waals surface area contributed by atoms with Crippen LogP contribution in [-0.4, -0.2) is 17.2 Å². The van der Waals surface area contributed by atoms with Crippen LogP contribution in [0.15, 0.2) is 72.8 Å². The largest absolute Gasteiger partial charge is 0.387 e. The molecule has 0 aliphatic carbocycles. The van der Waals surface area contributed by atoms with Crippen LogP contribution in [0.5, 0.6) is 0 Å². The second-order valence-corrected chi connectivity index (χ2v) is 7.39. The molecule has 3 aromatic rings. The van der Waals surface area contributed by atoms with Crippen LogP contribution in [0, 0.1) is 0 Å². The number of hydrogen-bond acceptors (Lipinski definition) is 2. The highest BCUT2D eigenvalue weighted by Gasteiger charge is 2.29. The van der Waals surface area contributed by atoms with Crippen LogP contribution in [-0.2, 0) is 0 Å². The summed E-state index contributed by atoms with van der Waals surface area (Å²) < 4.78 is 0. The Balaban J connectivity index is 1.73. The van der Waals surface area contributed by atoms with Crippen LogP contribution in [0.2, 0.25) is 0 Å². The SMILES string of the molecule is CC(CNC(C)(C)C(O)c1ccccc1)c1cccc2ccccc12. The van der Waals surface area contributed by atoms with E-state index in [0.29, 0.717) is 5.92 Å². The summed E-state index contributed by atoms with van der Waals surface area (Å²) in [6.45, 7) is 7.16. The monoisotopic (exact) mass is 333 g/mol. The number of aliphatic hydroxyl groups excluding tert-OH is 1. The van der Waals surface area contributed by atoms with E-state index in [9.17, 15) is 5.11 Å². The lowest BCUT2D eigenvalue weighted by molar-refractivity contribution is 0.0796. The van der Waals surface area contributed by atoms with Gasteiger partial charge in [-0.2, -0.15) is 0 Å². The molecule has 2 atom stereocenters. The molecule has 3 rings (SSSR count). The van der Waals surface area contributed by atoms with Gasteiger partial charge >= 0.3 is 0 Å². The summed E-state index contributed by atoms with van der Waals surface area (Å²) in [6, 6.07) is 24.8. The highest BCUT2D eigenvalue weighted by atomic mass is 16.3. The fourth-order valence-corrected chi connectivity index (χ4v) is 3.35. The molecule has 2 unspecified atom stereocenters. The minimum atomic E-state index is -0.548. The van der Waals surface area contributed by atoms with Crippen molar-refractivity contribution in [1.29, 1.82) is 0 Å². The van der Waals surface area contributed by atoms with Gasteiger partial charge in [0.15, 0.2) is 0 Å². The summed E-state index contributed by atoms with van der Waals surface area (Å²) in [7, 11) is 0. The van der Waals surface area contributed by atoms with Gasteiger partial charge in [-0.15, -0.1) is 0 Å². The van der Waals surface area contributed by atoms with Crippen molar-refractivity contribution in [1.82, 2.24) is 5.32 Å². The topological polar surface area (TPSA) is 32.3 Å². The highest BCUT2D eigenvalue weighted by Crippen LogP contribution is 2.28. The first-order valence-corrected chi connectivity index (χ1v) is 8.95. The first-order chi connectivity index (χ1) is 12.0. The Kier molecular flexibility index (Phi) is 5.22. The molecule has 2 N–H and O–H groups in total. The summed E-state index contributed by atoms with van der Waals surface area (Å²) in [6.07, 6.45) is -0.548. The van der Waals surface area contributed by atoms with Crippen molar-refractivity contribution in [2.75, 3.05) is 6.54 Å². The molecule has 0 aliphatic rings. The Morgan fingerprint density at radius 1 is 0.880 bits per heavy atom. The molecule has 0 saturated heterocycles. The Morgan fingerprint density at radius 2 is 1.52 bits per heavy atom. The van der Waals surface area contributed by atoms with Crippen molar-refractivity contribution in [2.24, 2.45) is 0 Å². The number of aliphatic hydroxyl groups is 1. The molecule has 130 valence electrons. The normalized spacial score (nSPS) is 14.4. The van der Waals surface area contributed by atoms with Gasteiger partial charge in [0, 0.05) is 12.1 Å². The second kappa shape index (κ2) is 7.38. The number of benzene rings is 3. The maximum Gasteiger partial charge on any atom is 0.0966 e. The average molecular weight is 333 g/mol. The predicted octanol–water partition coefficient (Wildman–Crippen LogP) is 5.05. The molecule has 0 heterocycles. The number of hydrogen-bond donors (Lipinski definition) is 2. The third-order valence-electron chi connectivity index (χ3n) is 5.02. The Hall–Kier alpha value is -2.16. The van der Waals surface area contributed by atoms with Gasteiger partial charge in [-0.3, -0.25) is 0 Å². The van der Waals surface area contributed by atoms with E-state index in [1.54, 1.807) is 0 Å². The fraction of sp³-hybridized carbons (Fsp3) is 0.304. The zero-order chi connectivity index (χ0) is 17.9. The van der Waals surface area contributed by atoms with E-state index in [0.717, 1.165) is 12.1 Å². The van der Waals surface area contributed by atoms with Crippen LogP contribution in [0.4, 0.5) is 0 Å². The Morgan fingerprint density at radius 3 is 2.28 bits per heavy atom. The van der Waals surface area contributed by atoms with Crippen LogP contribution >= 0.6 is 0 Å². The van der Waals surface area contributed by atoms with Crippen LogP contribution < -0.4 is 5.32 Å². The van der Waals surface area contributed by atoms with Crippen molar-refractivity contribution in [3.63, 3.8) is 0 Å². The minimum absolute atomic E-state index is 0.355. The van der Waals surface area contributed by atoms with Crippen LogP contribution in [0.1, 0.15) is 43.9 Å². The van der Waals surface area contributed by atoms with Gasteiger partial charge in [0.25, 0.3) is 0 Å². The first-order valence-electron chi connectivity index (χ1n) is 8.95. The molecule has 25 heavy (non-hydrogen) atoms. The summed E-state index contributed by atoms with van der Waals surface area (Å²) in [5.41, 5.74) is 1.88. The van der Waals surface area contributed by atoms with E-state index in [4.69, 9.17) is 0 Å². The van der Waals surface area contributed by atoms with Crippen LogP contribution in [0.3, 0.4) is 0 Å². The van der Waals surface area contributed by atoms with E-state index in [2.05, 4.69) is 68.6 Å². The van der Waals surface area contributed by atoms with Crippen molar-refractivity contribution < 1.29 is 5.11 Å². The van der Waals surface area contributed by atoms with Gasteiger partial charge in [0.1, 0.15) is 0 Å². The lowest BCUT2D eigenvalue weighted by Crippen LogP contribution is -2.46. The third-order valence-corrected chi connectivity index (χ3v) is 5.02. The number of nitrogens with one attached hydrogen (secondary N) is 1. The molecule has 0 spiro atoms. The van der Waals surface area contributed by atoms with Gasteiger partial charge in [-0.1, -0.05) is 79.7 Å². The molecule has 0 amide bonds. The lowest BCUT2D eigenvalue weighted by Gasteiger charge is -2.33. The van der Waals surface area contributed by atoms with Crippen LogP contribution in [0.25, 0.3) is 10.8 Å². The smallest absolute Gasteiger partial charge is 0.0966 e. The molecule has 0 aromatic heterocycles. The fourth-order valence-electron chi connectivity index (χ4n) is 3.35. The summed E-state index contributed by atoms with van der Waals surface area (Å²) in [5, 5.41) is 16.9. The zero-order valence-electron chi connectivity index (χ0n) is 15.2. The molecule has 0 bridgehead atoms. The van der Waals surface area contributed by atoms with Gasteiger partial charge in [-0.25, -0.2) is 0 Å². The van der Waals surface area contributed by atoms with Gasteiger partial charge in [0.05, 0.1) is 6.10 Å². The molecule has 2 heteroatoms. The van der Waals surface area contributed by atoms with Gasteiger partial charge in [0.2, 0.25) is 0 Å². The third kappa shape index (κ3) is 3.92. The van der Waals surface area contributed by atoms with E-state index in [-0.39, 0.29) is 0 Å². The van der Waals surface area contributed by atoms with E-state index >= 15 is 0 Å². The first kappa shape index (κ1) is 17.7. The quantitative estimate of drug-likeness (QED) is 0.662. The second-order valence-electron chi connectivity index (χ2n) is 7.39. The molecule has 0 fully saturated rings. The predicted molar refractivity (Wildman–Crippen MR) is 106 cm³/mol. The van der Waals surface area contributed by atoms with Crippen molar-refractivity contribution in [3.05, 3.63) is 83.9 Å².